The Balaban J connectivity index is 1.32. The summed E-state index contributed by atoms with van der Waals surface area (Å²) in [6.07, 6.45) is 0. The average molecular weight is 480 g/mol. The smallest absolute Gasteiger partial charge is 0.289 e. The highest BCUT2D eigenvalue weighted by Gasteiger charge is 2.20. The van der Waals surface area contributed by atoms with Crippen molar-refractivity contribution in [2.45, 2.75) is 6.54 Å². The fraction of sp³-hybridized carbons (Fsp3) is 0.208. The first-order valence-electron chi connectivity index (χ1n) is 10.8. The zero-order valence-electron chi connectivity index (χ0n) is 18.2. The minimum absolute atomic E-state index is 0.173. The van der Waals surface area contributed by atoms with E-state index in [2.05, 4.69) is 20.7 Å². The molecule has 1 aliphatic heterocycles. The van der Waals surface area contributed by atoms with Crippen LogP contribution in [0.1, 0.15) is 26.5 Å². The highest BCUT2D eigenvalue weighted by Crippen LogP contribution is 2.23. The molecule has 0 atom stereocenters. The SMILES string of the molecule is O=C(NNC(=O)c1cc2ccccc2n1Cc1ccccc1F)c1csc(N2CCOCC2)n1. The first kappa shape index (κ1) is 22.1. The number of thiazole rings is 1. The van der Waals surface area contributed by atoms with Crippen LogP contribution in [0.2, 0.25) is 0 Å². The minimum Gasteiger partial charge on any atom is -0.378 e. The molecular formula is C24H22FN5O3S. The van der Waals surface area contributed by atoms with Gasteiger partial charge in [0.05, 0.1) is 19.8 Å². The third-order valence-electron chi connectivity index (χ3n) is 5.63. The number of benzene rings is 2. The number of morpholine rings is 1. The van der Waals surface area contributed by atoms with Crippen LogP contribution in [0.5, 0.6) is 0 Å². The van der Waals surface area contributed by atoms with E-state index in [0.29, 0.717) is 24.5 Å². The Hall–Kier alpha value is -3.76. The highest BCUT2D eigenvalue weighted by molar-refractivity contribution is 7.13. The van der Waals surface area contributed by atoms with Crippen molar-refractivity contribution in [3.8, 4) is 0 Å². The van der Waals surface area contributed by atoms with Crippen molar-refractivity contribution < 1.29 is 18.7 Å². The van der Waals surface area contributed by atoms with Crippen LogP contribution in [-0.2, 0) is 11.3 Å². The molecule has 4 aromatic rings. The Morgan fingerprint density at radius 3 is 2.59 bits per heavy atom. The van der Waals surface area contributed by atoms with Gasteiger partial charge >= 0.3 is 0 Å². The molecule has 10 heteroatoms. The molecular weight excluding hydrogens is 457 g/mol. The molecule has 0 saturated carbocycles. The molecule has 0 aliphatic carbocycles. The first-order valence-corrected chi connectivity index (χ1v) is 11.7. The lowest BCUT2D eigenvalue weighted by molar-refractivity contribution is 0.0839. The molecule has 0 bridgehead atoms. The quantitative estimate of drug-likeness (QED) is 0.429. The largest absolute Gasteiger partial charge is 0.378 e. The van der Waals surface area contributed by atoms with Crippen LogP contribution in [0.3, 0.4) is 0 Å². The van der Waals surface area contributed by atoms with Crippen LogP contribution in [0, 0.1) is 5.82 Å². The third-order valence-corrected chi connectivity index (χ3v) is 6.53. The number of halogens is 1. The van der Waals surface area contributed by atoms with Gasteiger partial charge in [-0.15, -0.1) is 11.3 Å². The molecule has 1 saturated heterocycles. The van der Waals surface area contributed by atoms with E-state index in [9.17, 15) is 14.0 Å². The molecule has 0 unspecified atom stereocenters. The number of carbonyl (C=O) groups excluding carboxylic acids is 2. The molecule has 2 N–H and O–H groups in total. The fourth-order valence-corrected chi connectivity index (χ4v) is 4.74. The number of para-hydroxylation sites is 1. The lowest BCUT2D eigenvalue weighted by Gasteiger charge is -2.25. The zero-order chi connectivity index (χ0) is 23.5. The number of fused-ring (bicyclic) bond motifs is 1. The van der Waals surface area contributed by atoms with E-state index in [-0.39, 0.29) is 18.1 Å². The maximum atomic E-state index is 14.3. The van der Waals surface area contributed by atoms with Gasteiger partial charge in [0, 0.05) is 34.9 Å². The van der Waals surface area contributed by atoms with Crippen LogP contribution >= 0.6 is 11.3 Å². The van der Waals surface area contributed by atoms with Gasteiger partial charge in [-0.1, -0.05) is 36.4 Å². The van der Waals surface area contributed by atoms with Crippen LogP contribution in [0.25, 0.3) is 10.9 Å². The number of carbonyl (C=O) groups is 2. The van der Waals surface area contributed by atoms with E-state index < -0.39 is 11.8 Å². The molecule has 3 heterocycles. The average Bonchev–Trinajstić information content (AvgIpc) is 3.50. The maximum Gasteiger partial charge on any atom is 0.289 e. The number of ether oxygens (including phenoxy) is 1. The number of aromatic nitrogens is 2. The van der Waals surface area contributed by atoms with E-state index in [0.717, 1.165) is 29.1 Å². The maximum absolute atomic E-state index is 14.3. The molecule has 174 valence electrons. The summed E-state index contributed by atoms with van der Waals surface area (Å²) in [7, 11) is 0. The predicted molar refractivity (Wildman–Crippen MR) is 128 cm³/mol. The summed E-state index contributed by atoms with van der Waals surface area (Å²) in [5.41, 5.74) is 6.67. The summed E-state index contributed by atoms with van der Waals surface area (Å²) >= 11 is 1.37. The molecule has 2 aromatic heterocycles. The molecule has 5 rings (SSSR count). The Morgan fingerprint density at radius 1 is 1.03 bits per heavy atom. The highest BCUT2D eigenvalue weighted by atomic mass is 32.1. The summed E-state index contributed by atoms with van der Waals surface area (Å²) < 4.78 is 21.4. The minimum atomic E-state index is -0.513. The number of hydrogen-bond acceptors (Lipinski definition) is 6. The Kier molecular flexibility index (Phi) is 6.24. The number of nitrogens with zero attached hydrogens (tertiary/aromatic N) is 3. The van der Waals surface area contributed by atoms with Crippen molar-refractivity contribution in [2.75, 3.05) is 31.2 Å². The van der Waals surface area contributed by atoms with Crippen LogP contribution in [0.4, 0.5) is 9.52 Å². The van der Waals surface area contributed by atoms with Crippen molar-refractivity contribution in [1.29, 1.82) is 0 Å². The van der Waals surface area contributed by atoms with Gasteiger partial charge < -0.3 is 14.2 Å². The predicted octanol–water partition coefficient (Wildman–Crippen LogP) is 3.20. The van der Waals surface area contributed by atoms with Gasteiger partial charge in [0.2, 0.25) is 0 Å². The fourth-order valence-electron chi connectivity index (χ4n) is 3.88. The van der Waals surface area contributed by atoms with Crippen molar-refractivity contribution in [1.82, 2.24) is 20.4 Å². The second kappa shape index (κ2) is 9.62. The Labute approximate surface area is 198 Å². The summed E-state index contributed by atoms with van der Waals surface area (Å²) in [4.78, 5) is 32.0. The third kappa shape index (κ3) is 4.50. The van der Waals surface area contributed by atoms with E-state index in [1.54, 1.807) is 34.2 Å². The van der Waals surface area contributed by atoms with Gasteiger partial charge in [0.1, 0.15) is 17.2 Å². The molecule has 2 amide bonds. The van der Waals surface area contributed by atoms with E-state index in [1.807, 2.05) is 24.3 Å². The zero-order valence-corrected chi connectivity index (χ0v) is 19.0. The number of amides is 2. The topological polar surface area (TPSA) is 88.5 Å². The molecule has 8 nitrogen and oxygen atoms in total. The lowest BCUT2D eigenvalue weighted by Crippen LogP contribution is -2.42. The van der Waals surface area contributed by atoms with Crippen LogP contribution < -0.4 is 15.8 Å². The van der Waals surface area contributed by atoms with Gasteiger partial charge in [-0.05, 0) is 18.2 Å². The molecule has 1 fully saturated rings. The van der Waals surface area contributed by atoms with Crippen LogP contribution in [-0.4, -0.2) is 47.7 Å². The Morgan fingerprint density at radius 2 is 1.76 bits per heavy atom. The number of nitrogens with one attached hydrogen (secondary N) is 2. The van der Waals surface area contributed by atoms with E-state index in [4.69, 9.17) is 4.74 Å². The summed E-state index contributed by atoms with van der Waals surface area (Å²) in [5, 5.41) is 3.23. The molecule has 34 heavy (non-hydrogen) atoms. The summed E-state index contributed by atoms with van der Waals surface area (Å²) in [5.74, 6) is -1.37. The van der Waals surface area contributed by atoms with Crippen LogP contribution in [0.15, 0.2) is 60.0 Å². The molecule has 2 aromatic carbocycles. The second-order valence-electron chi connectivity index (χ2n) is 7.79. The monoisotopic (exact) mass is 479 g/mol. The normalized spacial score (nSPS) is 13.7. The number of rotatable bonds is 5. The lowest BCUT2D eigenvalue weighted by atomic mass is 10.2. The molecule has 0 spiro atoms. The number of anilines is 1. The van der Waals surface area contributed by atoms with E-state index >= 15 is 0 Å². The summed E-state index contributed by atoms with van der Waals surface area (Å²) in [6.45, 7) is 2.86. The molecule has 1 aliphatic rings. The number of hydrazine groups is 1. The van der Waals surface area contributed by atoms with Crippen molar-refractivity contribution in [3.63, 3.8) is 0 Å². The van der Waals surface area contributed by atoms with Gasteiger partial charge in [-0.3, -0.25) is 20.4 Å². The van der Waals surface area contributed by atoms with Gasteiger partial charge in [0.15, 0.2) is 5.13 Å². The Bertz CT molecular complexity index is 1350. The summed E-state index contributed by atoms with van der Waals surface area (Å²) in [6, 6.07) is 15.6. The molecule has 0 radical (unpaired) electrons. The second-order valence-corrected chi connectivity index (χ2v) is 8.63. The number of hydrogen-bond donors (Lipinski definition) is 2. The first-order chi connectivity index (χ1) is 16.6. The van der Waals surface area contributed by atoms with Crippen molar-refractivity contribution >= 4 is 39.2 Å². The van der Waals surface area contributed by atoms with Gasteiger partial charge in [-0.25, -0.2) is 9.37 Å². The standard InChI is InChI=1S/C24H22FN5O3S/c25-18-7-3-1-6-17(18)14-30-20-8-4-2-5-16(20)13-21(30)23(32)28-27-22(31)19-15-34-24(26-19)29-9-11-33-12-10-29/h1-8,13,15H,9-12,14H2,(H,27,31)(H,28,32). The van der Waals surface area contributed by atoms with Gasteiger partial charge in [-0.2, -0.15) is 0 Å². The van der Waals surface area contributed by atoms with E-state index in [1.165, 1.54) is 17.4 Å². The van der Waals surface area contributed by atoms with Gasteiger partial charge in [0.25, 0.3) is 11.8 Å². The van der Waals surface area contributed by atoms with Crippen molar-refractivity contribution in [2.24, 2.45) is 0 Å². The van der Waals surface area contributed by atoms with Crippen molar-refractivity contribution in [3.05, 3.63) is 82.7 Å².